The van der Waals surface area contributed by atoms with E-state index in [2.05, 4.69) is 11.2 Å². The number of rotatable bonds is 6. The van der Waals surface area contributed by atoms with Crippen LogP contribution in [0.4, 0.5) is 0 Å². The molecule has 4 heteroatoms. The average Bonchev–Trinajstić information content (AvgIpc) is 2.40. The lowest BCUT2D eigenvalue weighted by Gasteiger charge is -2.15. The summed E-state index contributed by atoms with van der Waals surface area (Å²) in [5.74, 6) is 0.788. The molecule has 102 valence electrons. The second-order valence-electron chi connectivity index (χ2n) is 5.25. The molecule has 0 amide bonds. The Labute approximate surface area is 114 Å². The van der Waals surface area contributed by atoms with Crippen LogP contribution in [-0.4, -0.2) is 17.5 Å². The van der Waals surface area contributed by atoms with Crippen LogP contribution >= 0.6 is 0 Å². The molecule has 0 heterocycles. The summed E-state index contributed by atoms with van der Waals surface area (Å²) >= 11 is 0. The monoisotopic (exact) mass is 260 g/mol. The topological polar surface area (TPSA) is 65.6 Å². The minimum absolute atomic E-state index is 0.353. The van der Waals surface area contributed by atoms with Crippen molar-refractivity contribution in [2.45, 2.75) is 33.6 Å². The van der Waals surface area contributed by atoms with Gasteiger partial charge in [0.25, 0.3) is 0 Å². The summed E-state index contributed by atoms with van der Waals surface area (Å²) in [6, 6.07) is 9.91. The van der Waals surface area contributed by atoms with E-state index in [1.807, 2.05) is 38.1 Å². The van der Waals surface area contributed by atoms with Crippen molar-refractivity contribution in [3.63, 3.8) is 0 Å². The van der Waals surface area contributed by atoms with Crippen LogP contribution in [0.2, 0.25) is 0 Å². The fraction of sp³-hybridized carbons (Fsp3) is 0.467. The van der Waals surface area contributed by atoms with Gasteiger partial charge in [0.2, 0.25) is 0 Å². The first-order valence-corrected chi connectivity index (χ1v) is 6.27. The molecule has 1 aromatic rings. The van der Waals surface area contributed by atoms with Gasteiger partial charge >= 0.3 is 0 Å². The molecule has 0 atom stereocenters. The molecule has 0 radical (unpaired) electrons. The van der Waals surface area contributed by atoms with Crippen molar-refractivity contribution in [1.82, 2.24) is 0 Å². The van der Waals surface area contributed by atoms with Crippen LogP contribution in [0.25, 0.3) is 0 Å². The number of nitriles is 1. The summed E-state index contributed by atoms with van der Waals surface area (Å²) in [5, 5.41) is 20.6. The quantitative estimate of drug-likeness (QED) is 0.484. The van der Waals surface area contributed by atoms with Crippen molar-refractivity contribution in [3.05, 3.63) is 29.8 Å². The van der Waals surface area contributed by atoms with Gasteiger partial charge in [0.1, 0.15) is 5.75 Å². The van der Waals surface area contributed by atoms with Crippen LogP contribution in [-0.2, 0) is 6.42 Å². The Morgan fingerprint density at radius 1 is 1.37 bits per heavy atom. The van der Waals surface area contributed by atoms with Crippen molar-refractivity contribution in [1.29, 1.82) is 5.26 Å². The molecule has 1 N–H and O–H groups in total. The number of hydrogen-bond donors (Lipinski definition) is 1. The molecule has 0 aliphatic heterocycles. The highest BCUT2D eigenvalue weighted by molar-refractivity contribution is 5.83. The first-order chi connectivity index (χ1) is 8.96. The SMILES string of the molecule is C/C(Cc1ccc(OCCC(C)(C)C#N)cc1)=N/O. The standard InChI is InChI=1S/C15H20N2O2/c1-12(17-18)10-13-4-6-14(7-5-13)19-9-8-15(2,3)11-16/h4-7,18H,8-10H2,1-3H3/b17-12-. The van der Waals surface area contributed by atoms with Gasteiger partial charge in [-0.3, -0.25) is 0 Å². The van der Waals surface area contributed by atoms with Crippen molar-refractivity contribution < 1.29 is 9.94 Å². The highest BCUT2D eigenvalue weighted by Gasteiger charge is 2.16. The fourth-order valence-corrected chi connectivity index (χ4v) is 1.51. The molecule has 0 aromatic heterocycles. The highest BCUT2D eigenvalue weighted by atomic mass is 16.5. The van der Waals surface area contributed by atoms with Crippen molar-refractivity contribution in [2.24, 2.45) is 10.6 Å². The van der Waals surface area contributed by atoms with Crippen LogP contribution in [0.3, 0.4) is 0 Å². The third kappa shape index (κ3) is 5.43. The molecular weight excluding hydrogens is 240 g/mol. The second kappa shape index (κ2) is 6.79. The first kappa shape index (κ1) is 15.0. The fourth-order valence-electron chi connectivity index (χ4n) is 1.51. The molecule has 0 saturated heterocycles. The molecule has 0 unspecified atom stereocenters. The minimum Gasteiger partial charge on any atom is -0.494 e. The lowest BCUT2D eigenvalue weighted by atomic mass is 9.92. The summed E-state index contributed by atoms with van der Waals surface area (Å²) in [5.41, 5.74) is 1.39. The maximum Gasteiger partial charge on any atom is 0.119 e. The first-order valence-electron chi connectivity index (χ1n) is 6.27. The van der Waals surface area contributed by atoms with Gasteiger partial charge in [-0.15, -0.1) is 0 Å². The number of benzene rings is 1. The van der Waals surface area contributed by atoms with Crippen molar-refractivity contribution in [2.75, 3.05) is 6.61 Å². The van der Waals surface area contributed by atoms with Crippen LogP contribution in [0, 0.1) is 16.7 Å². The Bertz CT molecular complexity index is 470. The molecule has 0 spiro atoms. The highest BCUT2D eigenvalue weighted by Crippen LogP contribution is 2.20. The number of nitrogens with zero attached hydrogens (tertiary/aromatic N) is 2. The molecule has 4 nitrogen and oxygen atoms in total. The van der Waals surface area contributed by atoms with Crippen LogP contribution in [0.15, 0.2) is 29.4 Å². The van der Waals surface area contributed by atoms with Crippen molar-refractivity contribution in [3.8, 4) is 11.8 Å². The molecule has 0 saturated carbocycles. The molecule has 19 heavy (non-hydrogen) atoms. The van der Waals surface area contributed by atoms with Gasteiger partial charge < -0.3 is 9.94 Å². The largest absolute Gasteiger partial charge is 0.494 e. The third-order valence-electron chi connectivity index (χ3n) is 2.85. The average molecular weight is 260 g/mol. The molecule has 0 bridgehead atoms. The van der Waals surface area contributed by atoms with E-state index >= 15 is 0 Å². The molecule has 1 rings (SSSR count). The lowest BCUT2D eigenvalue weighted by molar-refractivity contribution is 0.264. The van der Waals surface area contributed by atoms with E-state index in [0.29, 0.717) is 25.2 Å². The van der Waals surface area contributed by atoms with E-state index in [1.54, 1.807) is 6.92 Å². The zero-order valence-corrected chi connectivity index (χ0v) is 11.7. The lowest BCUT2D eigenvalue weighted by Crippen LogP contribution is -2.13. The Kier molecular flexibility index (Phi) is 5.37. The normalized spacial score (nSPS) is 12.0. The smallest absolute Gasteiger partial charge is 0.119 e. The summed E-state index contributed by atoms with van der Waals surface area (Å²) in [6.45, 7) is 6.10. The van der Waals surface area contributed by atoms with E-state index in [-0.39, 0.29) is 5.41 Å². The number of oxime groups is 1. The van der Waals surface area contributed by atoms with Crippen LogP contribution in [0.5, 0.6) is 5.75 Å². The van der Waals surface area contributed by atoms with Gasteiger partial charge in [-0.1, -0.05) is 17.3 Å². The van der Waals surface area contributed by atoms with Gasteiger partial charge in [0, 0.05) is 6.42 Å². The number of ether oxygens (including phenoxy) is 1. The Morgan fingerprint density at radius 2 is 2.00 bits per heavy atom. The molecule has 1 aromatic carbocycles. The van der Waals surface area contributed by atoms with Crippen LogP contribution < -0.4 is 4.74 Å². The van der Waals surface area contributed by atoms with Gasteiger partial charge in [-0.2, -0.15) is 5.26 Å². The Hall–Kier alpha value is -2.02. The van der Waals surface area contributed by atoms with Gasteiger partial charge in [-0.25, -0.2) is 0 Å². The predicted molar refractivity (Wildman–Crippen MR) is 74.5 cm³/mol. The zero-order valence-electron chi connectivity index (χ0n) is 11.7. The summed E-state index contributed by atoms with van der Waals surface area (Å²) in [6.07, 6.45) is 1.32. The number of hydrogen-bond acceptors (Lipinski definition) is 4. The van der Waals surface area contributed by atoms with Gasteiger partial charge in [0.05, 0.1) is 23.8 Å². The van der Waals surface area contributed by atoms with E-state index in [1.165, 1.54) is 0 Å². The molecule has 0 fully saturated rings. The molecule has 0 aliphatic carbocycles. The third-order valence-corrected chi connectivity index (χ3v) is 2.85. The Morgan fingerprint density at radius 3 is 2.53 bits per heavy atom. The van der Waals surface area contributed by atoms with Crippen LogP contribution in [0.1, 0.15) is 32.8 Å². The Balaban J connectivity index is 2.47. The summed E-state index contributed by atoms with van der Waals surface area (Å²) in [7, 11) is 0. The maximum atomic E-state index is 8.90. The summed E-state index contributed by atoms with van der Waals surface area (Å²) in [4.78, 5) is 0. The molecule has 0 aliphatic rings. The second-order valence-corrected chi connectivity index (χ2v) is 5.25. The maximum absolute atomic E-state index is 8.90. The van der Waals surface area contributed by atoms with E-state index < -0.39 is 0 Å². The molecular formula is C15H20N2O2. The van der Waals surface area contributed by atoms with Crippen molar-refractivity contribution >= 4 is 5.71 Å². The summed E-state index contributed by atoms with van der Waals surface area (Å²) < 4.78 is 5.60. The minimum atomic E-state index is -0.353. The van der Waals surface area contributed by atoms with E-state index in [4.69, 9.17) is 15.2 Å². The van der Waals surface area contributed by atoms with E-state index in [9.17, 15) is 0 Å². The predicted octanol–water partition coefficient (Wildman–Crippen LogP) is 3.40. The zero-order chi connectivity index (χ0) is 14.3. The van der Waals surface area contributed by atoms with Gasteiger partial charge in [0.15, 0.2) is 0 Å². The van der Waals surface area contributed by atoms with E-state index in [0.717, 1.165) is 11.3 Å². The van der Waals surface area contributed by atoms with Gasteiger partial charge in [-0.05, 0) is 44.9 Å².